The number of hydrogen-bond donors (Lipinski definition) is 1. The van der Waals surface area contributed by atoms with E-state index in [1.54, 1.807) is 0 Å². The second-order valence-corrected chi connectivity index (χ2v) is 5.96. The van der Waals surface area contributed by atoms with Crippen LogP contribution in [0.3, 0.4) is 0 Å². The first kappa shape index (κ1) is 12.4. The molecule has 1 saturated carbocycles. The zero-order valence-corrected chi connectivity index (χ0v) is 11.0. The van der Waals surface area contributed by atoms with Gasteiger partial charge in [0.05, 0.1) is 0 Å². The second kappa shape index (κ2) is 6.02. The highest BCUT2D eigenvalue weighted by Gasteiger charge is 2.24. The van der Waals surface area contributed by atoms with Crippen LogP contribution in [0.15, 0.2) is 0 Å². The lowest BCUT2D eigenvalue weighted by molar-refractivity contribution is 0.156. The molecule has 2 aliphatic rings. The summed E-state index contributed by atoms with van der Waals surface area (Å²) < 4.78 is 0. The van der Waals surface area contributed by atoms with Gasteiger partial charge in [-0.1, -0.05) is 13.3 Å². The first-order valence-electron chi connectivity index (χ1n) is 7.23. The molecule has 1 atom stereocenters. The summed E-state index contributed by atoms with van der Waals surface area (Å²) in [6.45, 7) is 8.60. The molecule has 0 radical (unpaired) electrons. The molecule has 1 aliphatic heterocycles. The molecule has 1 unspecified atom stereocenters. The van der Waals surface area contributed by atoms with E-state index in [2.05, 4.69) is 24.1 Å². The molecular formula is C14H28N2. The number of nitrogens with one attached hydrogen (secondary N) is 1. The second-order valence-electron chi connectivity index (χ2n) is 5.96. The summed E-state index contributed by atoms with van der Waals surface area (Å²) in [4.78, 5) is 2.68. The van der Waals surface area contributed by atoms with E-state index in [9.17, 15) is 0 Å². The third-order valence-electron chi connectivity index (χ3n) is 4.37. The molecule has 1 heterocycles. The van der Waals surface area contributed by atoms with Gasteiger partial charge in [-0.05, 0) is 64.6 Å². The summed E-state index contributed by atoms with van der Waals surface area (Å²) in [5.41, 5.74) is 0. The van der Waals surface area contributed by atoms with Crippen molar-refractivity contribution < 1.29 is 0 Å². The average Bonchev–Trinajstić information content (AvgIpc) is 2.23. The highest BCUT2D eigenvalue weighted by atomic mass is 15.2. The first-order valence-corrected chi connectivity index (χ1v) is 7.23. The predicted octanol–water partition coefficient (Wildman–Crippen LogP) is 2.64. The predicted molar refractivity (Wildman–Crippen MR) is 69.7 cm³/mol. The third kappa shape index (κ3) is 3.46. The molecule has 2 heteroatoms. The molecule has 1 N–H and O–H groups in total. The quantitative estimate of drug-likeness (QED) is 0.722. The van der Waals surface area contributed by atoms with E-state index in [1.165, 1.54) is 58.2 Å². The van der Waals surface area contributed by atoms with Gasteiger partial charge < -0.3 is 10.2 Å². The topological polar surface area (TPSA) is 15.3 Å². The van der Waals surface area contributed by atoms with Crippen LogP contribution in [-0.4, -0.2) is 36.6 Å². The Morgan fingerprint density at radius 2 is 2.00 bits per heavy atom. The molecule has 1 saturated heterocycles. The molecule has 2 rings (SSSR count). The van der Waals surface area contributed by atoms with E-state index in [4.69, 9.17) is 0 Å². The number of piperidine rings is 1. The van der Waals surface area contributed by atoms with Gasteiger partial charge in [-0.3, -0.25) is 0 Å². The van der Waals surface area contributed by atoms with Gasteiger partial charge in [0.25, 0.3) is 0 Å². The maximum Gasteiger partial charge on any atom is 0.00721 e. The van der Waals surface area contributed by atoms with Crippen molar-refractivity contribution in [3.8, 4) is 0 Å². The Hall–Kier alpha value is -0.0800. The lowest BCUT2D eigenvalue weighted by Gasteiger charge is -2.35. The fraction of sp³-hybridized carbons (Fsp3) is 1.00. The van der Waals surface area contributed by atoms with Crippen molar-refractivity contribution in [2.75, 3.05) is 19.6 Å². The lowest BCUT2D eigenvalue weighted by Crippen LogP contribution is -2.42. The maximum absolute atomic E-state index is 3.68. The largest absolute Gasteiger partial charge is 0.314 e. The van der Waals surface area contributed by atoms with E-state index >= 15 is 0 Å². The van der Waals surface area contributed by atoms with Gasteiger partial charge in [-0.25, -0.2) is 0 Å². The maximum atomic E-state index is 3.68. The van der Waals surface area contributed by atoms with Crippen LogP contribution < -0.4 is 5.32 Å². The van der Waals surface area contributed by atoms with Gasteiger partial charge >= 0.3 is 0 Å². The molecule has 2 nitrogen and oxygen atoms in total. The molecule has 0 spiro atoms. The lowest BCUT2D eigenvalue weighted by atomic mass is 9.82. The van der Waals surface area contributed by atoms with Crippen LogP contribution in [0.25, 0.3) is 0 Å². The zero-order chi connectivity index (χ0) is 11.4. The van der Waals surface area contributed by atoms with Gasteiger partial charge in [0.2, 0.25) is 0 Å². The zero-order valence-electron chi connectivity index (χ0n) is 11.0. The van der Waals surface area contributed by atoms with Crippen molar-refractivity contribution in [2.45, 2.75) is 64.5 Å². The van der Waals surface area contributed by atoms with Crippen molar-refractivity contribution in [3.63, 3.8) is 0 Å². The SMILES string of the molecule is CC1CC(NCCCN2CCCCC2C)C1. The van der Waals surface area contributed by atoms with Crippen LogP contribution in [0, 0.1) is 5.92 Å². The Balaban J connectivity index is 1.50. The molecule has 1 aliphatic carbocycles. The Bertz CT molecular complexity index is 199. The van der Waals surface area contributed by atoms with Crippen LogP contribution in [0.5, 0.6) is 0 Å². The van der Waals surface area contributed by atoms with E-state index in [0.29, 0.717) is 0 Å². The number of rotatable bonds is 5. The highest BCUT2D eigenvalue weighted by Crippen LogP contribution is 2.26. The van der Waals surface area contributed by atoms with Gasteiger partial charge in [-0.2, -0.15) is 0 Å². The summed E-state index contributed by atoms with van der Waals surface area (Å²) >= 11 is 0. The minimum atomic E-state index is 0.831. The van der Waals surface area contributed by atoms with Crippen LogP contribution in [0.4, 0.5) is 0 Å². The third-order valence-corrected chi connectivity index (χ3v) is 4.37. The van der Waals surface area contributed by atoms with Crippen molar-refractivity contribution in [1.82, 2.24) is 10.2 Å². The van der Waals surface area contributed by atoms with Gasteiger partial charge in [-0.15, -0.1) is 0 Å². The Morgan fingerprint density at radius 1 is 1.19 bits per heavy atom. The molecule has 0 aromatic carbocycles. The average molecular weight is 224 g/mol. The highest BCUT2D eigenvalue weighted by molar-refractivity contribution is 4.82. The van der Waals surface area contributed by atoms with Crippen LogP contribution >= 0.6 is 0 Å². The minimum absolute atomic E-state index is 0.831. The minimum Gasteiger partial charge on any atom is -0.314 e. The Morgan fingerprint density at radius 3 is 2.69 bits per heavy atom. The van der Waals surface area contributed by atoms with Crippen molar-refractivity contribution >= 4 is 0 Å². The van der Waals surface area contributed by atoms with Crippen molar-refractivity contribution in [1.29, 1.82) is 0 Å². The summed E-state index contributed by atoms with van der Waals surface area (Å²) in [5, 5.41) is 3.68. The molecule has 0 amide bonds. The van der Waals surface area contributed by atoms with Gasteiger partial charge in [0.1, 0.15) is 0 Å². The van der Waals surface area contributed by atoms with Gasteiger partial charge in [0, 0.05) is 12.1 Å². The van der Waals surface area contributed by atoms with E-state index in [0.717, 1.165) is 18.0 Å². The number of hydrogen-bond acceptors (Lipinski definition) is 2. The summed E-state index contributed by atoms with van der Waals surface area (Å²) in [6, 6.07) is 1.67. The number of nitrogens with zero attached hydrogens (tertiary/aromatic N) is 1. The summed E-state index contributed by atoms with van der Waals surface area (Å²) in [5.74, 6) is 0.972. The summed E-state index contributed by atoms with van der Waals surface area (Å²) in [6.07, 6.45) is 8.40. The molecule has 2 fully saturated rings. The van der Waals surface area contributed by atoms with Crippen LogP contribution in [0.2, 0.25) is 0 Å². The smallest absolute Gasteiger partial charge is 0.00721 e. The molecule has 0 bridgehead atoms. The van der Waals surface area contributed by atoms with E-state index in [1.807, 2.05) is 0 Å². The fourth-order valence-corrected chi connectivity index (χ4v) is 3.15. The Labute approximate surface area is 101 Å². The summed E-state index contributed by atoms with van der Waals surface area (Å²) in [7, 11) is 0. The molecule has 16 heavy (non-hydrogen) atoms. The molecule has 0 aromatic rings. The van der Waals surface area contributed by atoms with E-state index in [-0.39, 0.29) is 0 Å². The fourth-order valence-electron chi connectivity index (χ4n) is 3.15. The Kier molecular flexibility index (Phi) is 4.66. The van der Waals surface area contributed by atoms with Crippen molar-refractivity contribution in [3.05, 3.63) is 0 Å². The van der Waals surface area contributed by atoms with Gasteiger partial charge in [0.15, 0.2) is 0 Å². The monoisotopic (exact) mass is 224 g/mol. The van der Waals surface area contributed by atoms with Crippen LogP contribution in [0.1, 0.15) is 52.4 Å². The molecule has 94 valence electrons. The van der Waals surface area contributed by atoms with Crippen LogP contribution in [-0.2, 0) is 0 Å². The normalized spacial score (nSPS) is 36.0. The molecule has 0 aromatic heterocycles. The first-order chi connectivity index (χ1) is 7.75. The number of likely N-dealkylation sites (tertiary alicyclic amines) is 1. The molecular weight excluding hydrogens is 196 g/mol. The van der Waals surface area contributed by atoms with Crippen molar-refractivity contribution in [2.24, 2.45) is 5.92 Å². The standard InChI is InChI=1S/C14H28N2/c1-12-10-14(11-12)15-7-5-9-16-8-4-3-6-13(16)2/h12-15H,3-11H2,1-2H3. The van der Waals surface area contributed by atoms with E-state index < -0.39 is 0 Å².